The summed E-state index contributed by atoms with van der Waals surface area (Å²) in [5.74, 6) is -1.02. The number of nitrogens with one attached hydrogen (secondary N) is 2. The number of halogens is 5. The summed E-state index contributed by atoms with van der Waals surface area (Å²) in [6, 6.07) is 2.59. The minimum atomic E-state index is -4.65. The molecule has 0 spiro atoms. The van der Waals surface area contributed by atoms with E-state index in [1.165, 1.54) is 40.4 Å². The highest BCUT2D eigenvalue weighted by atomic mass is 79.9. The maximum Gasteiger partial charge on any atom is 0.417 e. The molecule has 0 bridgehead atoms. The largest absolute Gasteiger partial charge is 0.417 e. The number of amides is 2. The molecule has 40 heavy (non-hydrogen) atoms. The molecular formula is C25H26BrClF3N7O3. The van der Waals surface area contributed by atoms with Crippen molar-refractivity contribution < 1.29 is 22.8 Å². The smallest absolute Gasteiger partial charge is 0.354 e. The quantitative estimate of drug-likeness (QED) is 0.431. The molecule has 0 unspecified atom stereocenters. The van der Waals surface area contributed by atoms with Crippen LogP contribution < -0.4 is 16.2 Å². The van der Waals surface area contributed by atoms with Gasteiger partial charge in [0, 0.05) is 41.8 Å². The molecule has 0 saturated carbocycles. The van der Waals surface area contributed by atoms with Gasteiger partial charge in [0.25, 0.3) is 17.4 Å². The summed E-state index contributed by atoms with van der Waals surface area (Å²) in [5.41, 5.74) is -0.933. The zero-order valence-corrected chi connectivity index (χ0v) is 24.5. The standard InChI is InChI=1S/C25H26BrClF3N7O3/c1-11(2)32-24-33-17-10-36(22(39)13-6-7-16(26)15(9-13)25(28,29)30)12(3)8-14(17)23(40)37(24)20-18(27)19(21(38)31-4)35(5)34-20/h6-7,9,11-12H,8,10H2,1-5H3,(H,31,38)(H,32,33)/t12-/m1/s1. The van der Waals surface area contributed by atoms with E-state index in [4.69, 9.17) is 11.6 Å². The van der Waals surface area contributed by atoms with E-state index in [-0.39, 0.29) is 51.5 Å². The normalized spacial score (nSPS) is 15.3. The monoisotopic (exact) mass is 643 g/mol. The number of fused-ring (bicyclic) bond motifs is 1. The van der Waals surface area contributed by atoms with Gasteiger partial charge in [-0.1, -0.05) is 27.5 Å². The Morgan fingerprint density at radius 3 is 2.52 bits per heavy atom. The summed E-state index contributed by atoms with van der Waals surface area (Å²) >= 11 is 9.41. The fourth-order valence-corrected chi connectivity index (χ4v) is 5.32. The van der Waals surface area contributed by atoms with E-state index in [0.717, 1.165) is 6.07 Å². The topological polar surface area (TPSA) is 114 Å². The molecule has 15 heteroatoms. The molecule has 3 aromatic rings. The van der Waals surface area contributed by atoms with Gasteiger partial charge in [0.1, 0.15) is 10.7 Å². The van der Waals surface area contributed by atoms with E-state index in [9.17, 15) is 27.6 Å². The Morgan fingerprint density at radius 1 is 1.25 bits per heavy atom. The Hall–Kier alpha value is -3.39. The Bertz CT molecular complexity index is 1570. The number of benzene rings is 1. The predicted molar refractivity (Wildman–Crippen MR) is 146 cm³/mol. The first-order valence-electron chi connectivity index (χ1n) is 12.2. The second kappa shape index (κ2) is 10.9. The minimum Gasteiger partial charge on any atom is -0.354 e. The molecule has 3 heterocycles. The van der Waals surface area contributed by atoms with Crippen LogP contribution in [-0.4, -0.2) is 55.2 Å². The number of nitrogens with zero attached hydrogens (tertiary/aromatic N) is 5. The second-order valence-electron chi connectivity index (χ2n) is 9.67. The van der Waals surface area contributed by atoms with Crippen molar-refractivity contribution in [2.75, 3.05) is 12.4 Å². The zero-order chi connectivity index (χ0) is 29.7. The van der Waals surface area contributed by atoms with Crippen molar-refractivity contribution in [3.8, 4) is 5.82 Å². The van der Waals surface area contributed by atoms with Crippen LogP contribution in [0, 0.1) is 0 Å². The maximum atomic E-state index is 13.9. The van der Waals surface area contributed by atoms with Gasteiger partial charge in [-0.3, -0.25) is 19.1 Å². The highest BCUT2D eigenvalue weighted by Crippen LogP contribution is 2.36. The lowest BCUT2D eigenvalue weighted by Gasteiger charge is -2.34. The maximum absolute atomic E-state index is 13.9. The van der Waals surface area contributed by atoms with Gasteiger partial charge in [-0.15, -0.1) is 0 Å². The molecule has 0 saturated heterocycles. The Labute approximate surface area is 240 Å². The summed E-state index contributed by atoms with van der Waals surface area (Å²) in [6.45, 7) is 5.26. The van der Waals surface area contributed by atoms with Crippen LogP contribution in [0.5, 0.6) is 0 Å². The number of carbonyl (C=O) groups is 2. The Morgan fingerprint density at radius 2 is 1.93 bits per heavy atom. The van der Waals surface area contributed by atoms with Crippen LogP contribution in [0.2, 0.25) is 5.02 Å². The van der Waals surface area contributed by atoms with Crippen molar-refractivity contribution in [2.24, 2.45) is 7.05 Å². The molecule has 0 aliphatic carbocycles. The van der Waals surface area contributed by atoms with Crippen LogP contribution in [-0.2, 0) is 26.2 Å². The van der Waals surface area contributed by atoms with Gasteiger partial charge in [0.2, 0.25) is 5.95 Å². The number of aromatic nitrogens is 4. The van der Waals surface area contributed by atoms with E-state index in [1.807, 2.05) is 13.8 Å². The lowest BCUT2D eigenvalue weighted by molar-refractivity contribution is -0.138. The molecule has 0 radical (unpaired) electrons. The van der Waals surface area contributed by atoms with E-state index in [0.29, 0.717) is 11.3 Å². The summed E-state index contributed by atoms with van der Waals surface area (Å²) in [5, 5.41) is 9.84. The first-order chi connectivity index (χ1) is 18.6. The van der Waals surface area contributed by atoms with Crippen LogP contribution >= 0.6 is 27.5 Å². The molecule has 1 aliphatic rings. The molecular weight excluding hydrogens is 619 g/mol. The molecule has 2 N–H and O–H groups in total. The third-order valence-corrected chi connectivity index (χ3v) is 7.48. The lowest BCUT2D eigenvalue weighted by Crippen LogP contribution is -2.46. The Kier molecular flexibility index (Phi) is 8.05. The number of hydrogen-bond acceptors (Lipinski definition) is 6. The van der Waals surface area contributed by atoms with Crippen LogP contribution in [0.1, 0.15) is 58.4 Å². The van der Waals surface area contributed by atoms with Gasteiger partial charge >= 0.3 is 6.18 Å². The van der Waals surface area contributed by atoms with Gasteiger partial charge in [-0.05, 0) is 45.4 Å². The highest BCUT2D eigenvalue weighted by Gasteiger charge is 2.36. The van der Waals surface area contributed by atoms with Gasteiger partial charge in [0.05, 0.1) is 17.8 Å². The van der Waals surface area contributed by atoms with Gasteiger partial charge in [-0.25, -0.2) is 9.55 Å². The van der Waals surface area contributed by atoms with Crippen molar-refractivity contribution in [2.45, 2.75) is 52.0 Å². The molecule has 1 aliphatic heterocycles. The number of hydrogen-bond donors (Lipinski definition) is 2. The van der Waals surface area contributed by atoms with Gasteiger partial charge < -0.3 is 15.5 Å². The number of carbonyl (C=O) groups excluding carboxylic acids is 2. The highest BCUT2D eigenvalue weighted by molar-refractivity contribution is 9.10. The first kappa shape index (κ1) is 29.6. The SMILES string of the molecule is CNC(=O)c1c(Cl)c(-n2c(NC(C)C)nc3c(c2=O)C[C@@H](C)N(C(=O)c2ccc(Br)c(C(F)(F)F)c2)C3)nn1C. The summed E-state index contributed by atoms with van der Waals surface area (Å²) < 4.78 is 42.6. The van der Waals surface area contributed by atoms with E-state index in [2.05, 4.69) is 36.6 Å². The van der Waals surface area contributed by atoms with Crippen molar-refractivity contribution >= 4 is 45.3 Å². The molecule has 1 aromatic carbocycles. The molecule has 4 rings (SSSR count). The summed E-state index contributed by atoms with van der Waals surface area (Å²) in [7, 11) is 2.96. The van der Waals surface area contributed by atoms with Crippen molar-refractivity contribution in [1.82, 2.24) is 29.5 Å². The second-order valence-corrected chi connectivity index (χ2v) is 10.9. The number of alkyl halides is 3. The molecule has 0 fully saturated rings. The molecule has 2 amide bonds. The Balaban J connectivity index is 1.81. The first-order valence-corrected chi connectivity index (χ1v) is 13.4. The fourth-order valence-electron chi connectivity index (χ4n) is 4.52. The van der Waals surface area contributed by atoms with E-state index < -0.39 is 35.2 Å². The predicted octanol–water partition coefficient (Wildman–Crippen LogP) is 4.17. The lowest BCUT2D eigenvalue weighted by atomic mass is 9.98. The molecule has 2 aromatic heterocycles. The van der Waals surface area contributed by atoms with E-state index in [1.54, 1.807) is 6.92 Å². The molecule has 1 atom stereocenters. The van der Waals surface area contributed by atoms with Crippen LogP contribution in [0.4, 0.5) is 19.1 Å². The number of aryl methyl sites for hydroxylation is 1. The summed E-state index contributed by atoms with van der Waals surface area (Å²) in [4.78, 5) is 45.6. The van der Waals surface area contributed by atoms with Crippen LogP contribution in [0.3, 0.4) is 0 Å². The average Bonchev–Trinajstić information content (AvgIpc) is 3.16. The average molecular weight is 645 g/mol. The number of rotatable bonds is 5. The van der Waals surface area contributed by atoms with Crippen LogP contribution in [0.15, 0.2) is 27.5 Å². The fraction of sp³-hybridized carbons (Fsp3) is 0.400. The van der Waals surface area contributed by atoms with Crippen molar-refractivity contribution in [1.29, 1.82) is 0 Å². The molecule has 10 nitrogen and oxygen atoms in total. The van der Waals surface area contributed by atoms with Crippen molar-refractivity contribution in [3.63, 3.8) is 0 Å². The third-order valence-electron chi connectivity index (χ3n) is 6.44. The van der Waals surface area contributed by atoms with Gasteiger partial charge in [-0.2, -0.15) is 18.3 Å². The third kappa shape index (κ3) is 5.33. The summed E-state index contributed by atoms with van der Waals surface area (Å²) in [6.07, 6.45) is -4.56. The van der Waals surface area contributed by atoms with E-state index >= 15 is 0 Å². The van der Waals surface area contributed by atoms with Crippen LogP contribution in [0.25, 0.3) is 5.82 Å². The zero-order valence-electron chi connectivity index (χ0n) is 22.2. The molecule has 214 valence electrons. The number of anilines is 1. The van der Waals surface area contributed by atoms with Gasteiger partial charge in [0.15, 0.2) is 5.82 Å². The minimum absolute atomic E-state index is 0.00641. The van der Waals surface area contributed by atoms with Crippen molar-refractivity contribution in [3.05, 3.63) is 66.1 Å².